The fraction of sp³-hybridized carbons (Fsp3) is 0.167. The molecule has 0 spiro atoms. The van der Waals surface area contributed by atoms with E-state index < -0.39 is 0 Å². The van der Waals surface area contributed by atoms with Crippen LogP contribution < -0.4 is 14.2 Å². The van der Waals surface area contributed by atoms with Crippen molar-refractivity contribution in [1.82, 2.24) is 0 Å². The molecule has 22 heavy (non-hydrogen) atoms. The summed E-state index contributed by atoms with van der Waals surface area (Å²) in [6, 6.07) is 12.8. The third-order valence-corrected chi connectivity index (χ3v) is 3.28. The van der Waals surface area contributed by atoms with E-state index in [0.29, 0.717) is 17.1 Å². The number of methoxy groups -OCH3 is 3. The van der Waals surface area contributed by atoms with Gasteiger partial charge in [-0.25, -0.2) is 0 Å². The van der Waals surface area contributed by atoms with E-state index in [1.54, 1.807) is 33.5 Å². The second kappa shape index (κ2) is 7.31. The molecular formula is C18H18O4. The topological polar surface area (TPSA) is 44.8 Å². The lowest BCUT2D eigenvalue weighted by Crippen LogP contribution is -1.91. The summed E-state index contributed by atoms with van der Waals surface area (Å²) in [5.74, 6) is 2.02. The SMILES string of the molecule is COc1ccc(C(C=O)=Cc2ccc(OC)c(OC)c2)cc1. The fourth-order valence-electron chi connectivity index (χ4n) is 2.09. The highest BCUT2D eigenvalue weighted by molar-refractivity contribution is 6.13. The predicted molar refractivity (Wildman–Crippen MR) is 86.5 cm³/mol. The Bertz CT molecular complexity index is 672. The molecule has 0 N–H and O–H groups in total. The van der Waals surface area contributed by atoms with Crippen molar-refractivity contribution in [2.45, 2.75) is 0 Å². The highest BCUT2D eigenvalue weighted by Crippen LogP contribution is 2.29. The van der Waals surface area contributed by atoms with Gasteiger partial charge in [-0.15, -0.1) is 0 Å². The van der Waals surface area contributed by atoms with Crippen LogP contribution in [0.5, 0.6) is 17.2 Å². The van der Waals surface area contributed by atoms with Crippen molar-refractivity contribution in [3.63, 3.8) is 0 Å². The van der Waals surface area contributed by atoms with Crippen LogP contribution in [0.4, 0.5) is 0 Å². The Morgan fingerprint density at radius 2 is 1.55 bits per heavy atom. The Labute approximate surface area is 129 Å². The molecule has 4 heteroatoms. The van der Waals surface area contributed by atoms with E-state index in [4.69, 9.17) is 14.2 Å². The van der Waals surface area contributed by atoms with Crippen molar-refractivity contribution in [3.8, 4) is 17.2 Å². The Morgan fingerprint density at radius 1 is 0.864 bits per heavy atom. The van der Waals surface area contributed by atoms with E-state index in [0.717, 1.165) is 23.2 Å². The fourth-order valence-corrected chi connectivity index (χ4v) is 2.09. The lowest BCUT2D eigenvalue weighted by atomic mass is 10.0. The van der Waals surface area contributed by atoms with Crippen molar-refractivity contribution < 1.29 is 19.0 Å². The molecule has 0 fully saturated rings. The average Bonchev–Trinajstić information content (AvgIpc) is 2.59. The Morgan fingerprint density at radius 3 is 2.09 bits per heavy atom. The summed E-state index contributed by atoms with van der Waals surface area (Å²) in [4.78, 5) is 11.4. The summed E-state index contributed by atoms with van der Waals surface area (Å²) in [6.07, 6.45) is 2.63. The first-order chi connectivity index (χ1) is 10.7. The van der Waals surface area contributed by atoms with Crippen molar-refractivity contribution in [2.75, 3.05) is 21.3 Å². The third-order valence-electron chi connectivity index (χ3n) is 3.28. The zero-order valence-electron chi connectivity index (χ0n) is 12.8. The number of rotatable bonds is 6. The number of aldehydes is 1. The molecule has 0 amide bonds. The van der Waals surface area contributed by atoms with Crippen LogP contribution in [0.2, 0.25) is 0 Å². The summed E-state index contributed by atoms with van der Waals surface area (Å²) < 4.78 is 15.6. The number of benzene rings is 2. The van der Waals surface area contributed by atoms with Gasteiger partial charge in [-0.3, -0.25) is 4.79 Å². The van der Waals surface area contributed by atoms with Gasteiger partial charge in [0.2, 0.25) is 0 Å². The average molecular weight is 298 g/mol. The summed E-state index contributed by atoms with van der Waals surface area (Å²) >= 11 is 0. The largest absolute Gasteiger partial charge is 0.497 e. The first-order valence-corrected chi connectivity index (χ1v) is 6.75. The van der Waals surface area contributed by atoms with Crippen LogP contribution in [0.3, 0.4) is 0 Å². The molecule has 0 heterocycles. The van der Waals surface area contributed by atoms with Gasteiger partial charge in [0.25, 0.3) is 0 Å². The number of allylic oxidation sites excluding steroid dienone is 1. The van der Waals surface area contributed by atoms with Crippen LogP contribution in [0.15, 0.2) is 42.5 Å². The van der Waals surface area contributed by atoms with Crippen LogP contribution in [-0.2, 0) is 4.79 Å². The van der Waals surface area contributed by atoms with Gasteiger partial charge in [0, 0.05) is 5.57 Å². The number of carbonyl (C=O) groups is 1. The molecule has 0 aliphatic carbocycles. The maximum absolute atomic E-state index is 11.4. The zero-order valence-corrected chi connectivity index (χ0v) is 12.8. The van der Waals surface area contributed by atoms with Crippen LogP contribution in [0, 0.1) is 0 Å². The first kappa shape index (κ1) is 15.6. The normalized spacial score (nSPS) is 11.0. The van der Waals surface area contributed by atoms with Gasteiger partial charge >= 0.3 is 0 Å². The molecule has 0 unspecified atom stereocenters. The molecule has 0 bridgehead atoms. The minimum absolute atomic E-state index is 0.579. The molecule has 4 nitrogen and oxygen atoms in total. The van der Waals surface area contributed by atoms with Gasteiger partial charge in [-0.1, -0.05) is 18.2 Å². The zero-order chi connectivity index (χ0) is 15.9. The quantitative estimate of drug-likeness (QED) is 0.465. The molecule has 0 aromatic heterocycles. The maximum Gasteiger partial charge on any atom is 0.161 e. The minimum atomic E-state index is 0.579. The van der Waals surface area contributed by atoms with Gasteiger partial charge in [-0.2, -0.15) is 0 Å². The molecule has 114 valence electrons. The van der Waals surface area contributed by atoms with Crippen molar-refractivity contribution in [3.05, 3.63) is 53.6 Å². The molecule has 0 aliphatic rings. The lowest BCUT2D eigenvalue weighted by Gasteiger charge is -2.08. The van der Waals surface area contributed by atoms with Gasteiger partial charge in [0.15, 0.2) is 17.8 Å². The molecule has 2 rings (SSSR count). The van der Waals surface area contributed by atoms with E-state index in [9.17, 15) is 4.79 Å². The predicted octanol–water partition coefficient (Wildman–Crippen LogP) is 3.45. The Kier molecular flexibility index (Phi) is 5.20. The third kappa shape index (κ3) is 3.47. The molecule has 0 saturated heterocycles. The second-order valence-electron chi connectivity index (χ2n) is 4.56. The lowest BCUT2D eigenvalue weighted by molar-refractivity contribution is -0.103. The maximum atomic E-state index is 11.4. The van der Waals surface area contributed by atoms with Crippen molar-refractivity contribution in [1.29, 1.82) is 0 Å². The molecule has 2 aromatic rings. The van der Waals surface area contributed by atoms with Gasteiger partial charge < -0.3 is 14.2 Å². The number of hydrogen-bond acceptors (Lipinski definition) is 4. The summed E-state index contributed by atoms with van der Waals surface area (Å²) in [7, 11) is 4.77. The monoisotopic (exact) mass is 298 g/mol. The first-order valence-electron chi connectivity index (χ1n) is 6.75. The van der Waals surface area contributed by atoms with Crippen LogP contribution in [-0.4, -0.2) is 27.6 Å². The van der Waals surface area contributed by atoms with Crippen LogP contribution >= 0.6 is 0 Å². The van der Waals surface area contributed by atoms with Gasteiger partial charge in [0.1, 0.15) is 5.75 Å². The van der Waals surface area contributed by atoms with Crippen molar-refractivity contribution in [2.24, 2.45) is 0 Å². The second-order valence-corrected chi connectivity index (χ2v) is 4.56. The molecule has 2 aromatic carbocycles. The highest BCUT2D eigenvalue weighted by Gasteiger charge is 2.06. The van der Waals surface area contributed by atoms with Crippen molar-refractivity contribution >= 4 is 17.9 Å². The van der Waals surface area contributed by atoms with Crippen LogP contribution in [0.25, 0.3) is 11.6 Å². The smallest absolute Gasteiger partial charge is 0.161 e. The van der Waals surface area contributed by atoms with E-state index >= 15 is 0 Å². The van der Waals surface area contributed by atoms with Crippen LogP contribution in [0.1, 0.15) is 11.1 Å². The Balaban J connectivity index is 2.37. The minimum Gasteiger partial charge on any atom is -0.497 e. The number of carbonyl (C=O) groups excluding carboxylic acids is 1. The number of hydrogen-bond donors (Lipinski definition) is 0. The van der Waals surface area contributed by atoms with E-state index in [1.165, 1.54) is 0 Å². The summed E-state index contributed by atoms with van der Waals surface area (Å²) in [5, 5.41) is 0. The van der Waals surface area contributed by atoms with Gasteiger partial charge in [-0.05, 0) is 41.5 Å². The summed E-state index contributed by atoms with van der Waals surface area (Å²) in [5.41, 5.74) is 2.26. The molecule has 0 aliphatic heterocycles. The summed E-state index contributed by atoms with van der Waals surface area (Å²) in [6.45, 7) is 0. The Hall–Kier alpha value is -2.75. The molecule has 0 atom stereocenters. The molecule has 0 saturated carbocycles. The standard InChI is InChI=1S/C18H18O4/c1-20-16-7-5-14(6-8-16)15(12-19)10-13-4-9-17(21-2)18(11-13)22-3/h4-12H,1-3H3. The number of ether oxygens (including phenoxy) is 3. The van der Waals surface area contributed by atoms with E-state index in [2.05, 4.69) is 0 Å². The highest BCUT2D eigenvalue weighted by atomic mass is 16.5. The molecule has 0 radical (unpaired) electrons. The van der Waals surface area contributed by atoms with E-state index in [-0.39, 0.29) is 0 Å². The van der Waals surface area contributed by atoms with Gasteiger partial charge in [0.05, 0.1) is 21.3 Å². The molecular weight excluding hydrogens is 280 g/mol. The van der Waals surface area contributed by atoms with E-state index in [1.807, 2.05) is 36.4 Å².